The van der Waals surface area contributed by atoms with E-state index < -0.39 is 11.7 Å². The van der Waals surface area contributed by atoms with Crippen LogP contribution in [0, 0.1) is 0 Å². The van der Waals surface area contributed by atoms with Crippen molar-refractivity contribution in [1.29, 1.82) is 0 Å². The Kier molecular flexibility index (Phi) is 3.52. The molecule has 1 aliphatic rings. The Labute approximate surface area is 105 Å². The maximum atomic E-state index is 13.0. The number of hydrogen-bond donors (Lipinski definition) is 1. The number of nitrogens with zero attached hydrogens (tertiary/aromatic N) is 1. The van der Waals surface area contributed by atoms with Crippen LogP contribution < -0.4 is 10.6 Å². The van der Waals surface area contributed by atoms with Crippen molar-refractivity contribution in [3.63, 3.8) is 0 Å². The van der Waals surface area contributed by atoms with Crippen molar-refractivity contribution in [2.45, 2.75) is 31.5 Å². The highest BCUT2D eigenvalue weighted by Gasteiger charge is 2.34. The van der Waals surface area contributed by atoms with Crippen LogP contribution in [0.1, 0.15) is 24.0 Å². The third-order valence-electron chi connectivity index (χ3n) is 3.31. The summed E-state index contributed by atoms with van der Waals surface area (Å²) in [5.41, 5.74) is 5.70. The number of alkyl halides is 3. The molecule has 2 nitrogen and oxygen atoms in total. The third kappa shape index (κ3) is 2.77. The van der Waals surface area contributed by atoms with Gasteiger partial charge in [-0.3, -0.25) is 0 Å². The molecule has 1 aliphatic carbocycles. The summed E-state index contributed by atoms with van der Waals surface area (Å²) in [5.74, 6) is 0. The maximum absolute atomic E-state index is 13.0. The first-order chi connectivity index (χ1) is 8.43. The molecule has 2 rings (SSSR count). The van der Waals surface area contributed by atoms with Gasteiger partial charge < -0.3 is 10.6 Å². The second kappa shape index (κ2) is 4.80. The van der Waals surface area contributed by atoms with Gasteiger partial charge in [-0.1, -0.05) is 6.07 Å². The van der Waals surface area contributed by atoms with Crippen molar-refractivity contribution < 1.29 is 13.2 Å². The zero-order valence-electron chi connectivity index (χ0n) is 10.3. The molecule has 0 amide bonds. The summed E-state index contributed by atoms with van der Waals surface area (Å²) in [7, 11) is 1.84. The molecule has 1 aromatic rings. The van der Waals surface area contributed by atoms with Crippen LogP contribution in [0.15, 0.2) is 18.2 Å². The molecule has 5 heteroatoms. The summed E-state index contributed by atoms with van der Waals surface area (Å²) < 4.78 is 38.9. The van der Waals surface area contributed by atoms with E-state index in [1.54, 1.807) is 12.1 Å². The number of hydrogen-bond acceptors (Lipinski definition) is 2. The van der Waals surface area contributed by atoms with Gasteiger partial charge in [0, 0.05) is 18.8 Å². The van der Waals surface area contributed by atoms with Crippen LogP contribution in [0.3, 0.4) is 0 Å². The zero-order valence-corrected chi connectivity index (χ0v) is 10.3. The van der Waals surface area contributed by atoms with Gasteiger partial charge in [0.1, 0.15) is 0 Å². The highest BCUT2D eigenvalue weighted by Crippen LogP contribution is 2.37. The molecule has 1 fully saturated rings. The minimum Gasteiger partial charge on any atom is -0.372 e. The number of benzene rings is 1. The largest absolute Gasteiger partial charge is 0.416 e. The molecule has 18 heavy (non-hydrogen) atoms. The molecule has 0 radical (unpaired) electrons. The van der Waals surface area contributed by atoms with Crippen LogP contribution in [0.4, 0.5) is 18.9 Å². The molecule has 1 aromatic carbocycles. The summed E-state index contributed by atoms with van der Waals surface area (Å²) in [4.78, 5) is 1.92. The first-order valence-corrected chi connectivity index (χ1v) is 6.06. The lowest BCUT2D eigenvalue weighted by Gasteiger charge is -2.21. The van der Waals surface area contributed by atoms with E-state index in [1.165, 1.54) is 6.07 Å². The molecular weight excluding hydrogens is 241 g/mol. The van der Waals surface area contributed by atoms with Crippen molar-refractivity contribution in [2.75, 3.05) is 18.5 Å². The predicted molar refractivity (Wildman–Crippen MR) is 65.6 cm³/mol. The van der Waals surface area contributed by atoms with E-state index in [2.05, 4.69) is 0 Å². The molecule has 0 saturated heterocycles. The Balaban J connectivity index is 2.34. The van der Waals surface area contributed by atoms with Crippen LogP contribution >= 0.6 is 0 Å². The van der Waals surface area contributed by atoms with Gasteiger partial charge >= 0.3 is 6.18 Å². The SMILES string of the molecule is CN(c1ccc(CCN)c(C(F)(F)F)c1)C1CC1. The van der Waals surface area contributed by atoms with Gasteiger partial charge in [-0.05, 0) is 43.5 Å². The number of rotatable bonds is 4. The summed E-state index contributed by atoms with van der Waals surface area (Å²) in [5, 5.41) is 0. The zero-order chi connectivity index (χ0) is 13.3. The van der Waals surface area contributed by atoms with Gasteiger partial charge in [0.25, 0.3) is 0 Å². The monoisotopic (exact) mass is 258 g/mol. The van der Waals surface area contributed by atoms with Gasteiger partial charge in [-0.25, -0.2) is 0 Å². The first-order valence-electron chi connectivity index (χ1n) is 6.06. The fraction of sp³-hybridized carbons (Fsp3) is 0.538. The topological polar surface area (TPSA) is 29.3 Å². The van der Waals surface area contributed by atoms with Crippen LogP contribution in [-0.4, -0.2) is 19.6 Å². The number of nitrogens with two attached hydrogens (primary N) is 1. The van der Waals surface area contributed by atoms with Gasteiger partial charge in [0.05, 0.1) is 5.56 Å². The van der Waals surface area contributed by atoms with Gasteiger partial charge in [-0.2, -0.15) is 13.2 Å². The van der Waals surface area contributed by atoms with Crippen LogP contribution in [-0.2, 0) is 12.6 Å². The van der Waals surface area contributed by atoms with Crippen molar-refractivity contribution in [3.05, 3.63) is 29.3 Å². The molecule has 1 saturated carbocycles. The summed E-state index contributed by atoms with van der Waals surface area (Å²) in [6, 6.07) is 4.93. The van der Waals surface area contributed by atoms with Crippen molar-refractivity contribution in [1.82, 2.24) is 0 Å². The molecular formula is C13H17F3N2. The van der Waals surface area contributed by atoms with Gasteiger partial charge in [0.15, 0.2) is 0 Å². The Morgan fingerprint density at radius 2 is 2.00 bits per heavy atom. The lowest BCUT2D eigenvalue weighted by atomic mass is 10.0. The fourth-order valence-corrected chi connectivity index (χ4v) is 2.09. The van der Waals surface area contributed by atoms with E-state index in [9.17, 15) is 13.2 Å². The predicted octanol–water partition coefficient (Wildman–Crippen LogP) is 2.81. The second-order valence-corrected chi connectivity index (χ2v) is 4.72. The van der Waals surface area contributed by atoms with E-state index in [4.69, 9.17) is 5.73 Å². The van der Waals surface area contributed by atoms with Crippen molar-refractivity contribution in [2.24, 2.45) is 5.73 Å². The Hall–Kier alpha value is -1.23. The molecule has 2 N–H and O–H groups in total. The molecule has 100 valence electrons. The first kappa shape index (κ1) is 13.2. The minimum absolute atomic E-state index is 0.223. The van der Waals surface area contributed by atoms with E-state index in [-0.39, 0.29) is 18.5 Å². The molecule has 0 heterocycles. The molecule has 0 bridgehead atoms. The van der Waals surface area contributed by atoms with Crippen LogP contribution in [0.2, 0.25) is 0 Å². The van der Waals surface area contributed by atoms with Crippen molar-refractivity contribution in [3.8, 4) is 0 Å². The highest BCUT2D eigenvalue weighted by molar-refractivity contribution is 5.53. The lowest BCUT2D eigenvalue weighted by molar-refractivity contribution is -0.138. The van der Waals surface area contributed by atoms with Gasteiger partial charge in [0.2, 0.25) is 0 Å². The van der Waals surface area contributed by atoms with E-state index in [0.717, 1.165) is 12.8 Å². The smallest absolute Gasteiger partial charge is 0.372 e. The van der Waals surface area contributed by atoms with Crippen LogP contribution in [0.5, 0.6) is 0 Å². The molecule has 0 aromatic heterocycles. The quantitative estimate of drug-likeness (QED) is 0.899. The normalized spacial score (nSPS) is 15.8. The summed E-state index contributed by atoms with van der Waals surface area (Å²) in [6.45, 7) is 0.223. The lowest BCUT2D eigenvalue weighted by Crippen LogP contribution is -2.21. The third-order valence-corrected chi connectivity index (χ3v) is 3.31. The maximum Gasteiger partial charge on any atom is 0.416 e. The standard InChI is InChI=1S/C13H17F3N2/c1-18(10-4-5-10)11-3-2-9(6-7-17)12(8-11)13(14,15)16/h2-3,8,10H,4-7,17H2,1H3. The Bertz CT molecular complexity index is 425. The highest BCUT2D eigenvalue weighted by atomic mass is 19.4. The molecule has 0 atom stereocenters. The van der Waals surface area contributed by atoms with E-state index in [0.29, 0.717) is 11.7 Å². The fourth-order valence-electron chi connectivity index (χ4n) is 2.09. The number of halogens is 3. The molecule has 0 spiro atoms. The van der Waals surface area contributed by atoms with E-state index >= 15 is 0 Å². The van der Waals surface area contributed by atoms with Crippen LogP contribution in [0.25, 0.3) is 0 Å². The average Bonchev–Trinajstić information content (AvgIpc) is 3.11. The van der Waals surface area contributed by atoms with Gasteiger partial charge in [-0.15, -0.1) is 0 Å². The summed E-state index contributed by atoms with van der Waals surface area (Å²) >= 11 is 0. The Morgan fingerprint density at radius 1 is 1.33 bits per heavy atom. The second-order valence-electron chi connectivity index (χ2n) is 4.72. The summed E-state index contributed by atoms with van der Waals surface area (Å²) in [6.07, 6.45) is -1.95. The molecule has 0 unspecified atom stereocenters. The Morgan fingerprint density at radius 3 is 2.50 bits per heavy atom. The van der Waals surface area contributed by atoms with Crippen molar-refractivity contribution >= 4 is 5.69 Å². The average molecular weight is 258 g/mol. The minimum atomic E-state index is -4.31. The molecule has 0 aliphatic heterocycles. The number of anilines is 1. The van der Waals surface area contributed by atoms with E-state index in [1.807, 2.05) is 11.9 Å².